The van der Waals surface area contributed by atoms with Crippen LogP contribution in [0.3, 0.4) is 0 Å². The number of benzene rings is 1. The van der Waals surface area contributed by atoms with Gasteiger partial charge in [0.2, 0.25) is 0 Å². The molecule has 0 atom stereocenters. The highest BCUT2D eigenvalue weighted by atomic mass is 32.1. The molecule has 0 unspecified atom stereocenters. The number of esters is 1. The molecule has 0 aliphatic carbocycles. The summed E-state index contributed by atoms with van der Waals surface area (Å²) in [6, 6.07) is 4.60. The fourth-order valence-corrected chi connectivity index (χ4v) is 3.63. The minimum absolute atomic E-state index is 0.0182. The third-order valence-corrected chi connectivity index (χ3v) is 5.19. The van der Waals surface area contributed by atoms with Gasteiger partial charge in [-0.25, -0.2) is 9.78 Å². The van der Waals surface area contributed by atoms with Crippen LogP contribution in [0, 0.1) is 17.0 Å². The van der Waals surface area contributed by atoms with E-state index < -0.39 is 10.9 Å². The van der Waals surface area contributed by atoms with Crippen LogP contribution in [0.2, 0.25) is 0 Å². The minimum atomic E-state index is -0.698. The maximum Gasteiger partial charge on any atom is 0.344 e. The number of carbonyl (C=O) groups is 1. The Morgan fingerprint density at radius 1 is 1.35 bits per heavy atom. The number of thiazole rings is 1. The Balaban J connectivity index is 1.69. The quantitative estimate of drug-likeness (QED) is 0.450. The van der Waals surface area contributed by atoms with E-state index >= 15 is 0 Å². The second kappa shape index (κ2) is 7.79. The Kier molecular flexibility index (Phi) is 5.48. The Morgan fingerprint density at radius 3 is 2.65 bits per heavy atom. The molecule has 0 radical (unpaired) electrons. The summed E-state index contributed by atoms with van der Waals surface area (Å²) in [5.41, 5.74) is 1.62. The molecule has 0 spiro atoms. The molecule has 9 heteroatoms. The number of hydrogen-bond donors (Lipinski definition) is 0. The van der Waals surface area contributed by atoms with E-state index in [1.165, 1.54) is 13.2 Å². The first-order chi connectivity index (χ1) is 12.5. The molecule has 1 aromatic heterocycles. The van der Waals surface area contributed by atoms with Crippen LogP contribution in [-0.2, 0) is 11.3 Å². The van der Waals surface area contributed by atoms with Gasteiger partial charge in [-0.15, -0.1) is 11.3 Å². The number of methoxy groups -OCH3 is 1. The zero-order chi connectivity index (χ0) is 18.7. The molecule has 1 aromatic carbocycles. The first-order valence-electron chi connectivity index (χ1n) is 8.23. The Labute approximate surface area is 155 Å². The zero-order valence-electron chi connectivity index (χ0n) is 14.7. The molecule has 2 aromatic rings. The third kappa shape index (κ3) is 4.00. The average Bonchev–Trinajstić information content (AvgIpc) is 3.05. The van der Waals surface area contributed by atoms with Gasteiger partial charge in [0.25, 0.3) is 5.69 Å². The summed E-state index contributed by atoms with van der Waals surface area (Å²) in [5, 5.41) is 14.3. The van der Waals surface area contributed by atoms with E-state index in [4.69, 9.17) is 0 Å². The van der Waals surface area contributed by atoms with Crippen molar-refractivity contribution in [2.45, 2.75) is 13.5 Å². The molecule has 26 heavy (non-hydrogen) atoms. The Morgan fingerprint density at radius 2 is 2.08 bits per heavy atom. The van der Waals surface area contributed by atoms with Gasteiger partial charge >= 0.3 is 5.97 Å². The molecule has 2 heterocycles. The summed E-state index contributed by atoms with van der Waals surface area (Å²) in [6.45, 7) is 6.11. The third-order valence-electron chi connectivity index (χ3n) is 4.37. The number of nitro groups is 1. The normalized spacial score (nSPS) is 15.1. The fraction of sp³-hybridized carbons (Fsp3) is 0.412. The van der Waals surface area contributed by atoms with Crippen LogP contribution in [-0.4, -0.2) is 54.1 Å². The van der Waals surface area contributed by atoms with Gasteiger partial charge in [0.05, 0.1) is 22.7 Å². The van der Waals surface area contributed by atoms with Crippen LogP contribution in [0.5, 0.6) is 0 Å². The summed E-state index contributed by atoms with van der Waals surface area (Å²) in [6.07, 6.45) is 0. The molecule has 0 amide bonds. The number of nitro benzene ring substituents is 1. The lowest BCUT2D eigenvalue weighted by Crippen LogP contribution is -2.46. The van der Waals surface area contributed by atoms with Crippen LogP contribution in [0.25, 0.3) is 0 Å². The number of piperazine rings is 1. The van der Waals surface area contributed by atoms with Gasteiger partial charge in [-0.05, 0) is 19.1 Å². The van der Waals surface area contributed by atoms with E-state index in [9.17, 15) is 14.9 Å². The van der Waals surface area contributed by atoms with E-state index in [1.54, 1.807) is 23.5 Å². The number of ether oxygens (including phenoxy) is 1. The maximum absolute atomic E-state index is 11.9. The smallest absolute Gasteiger partial charge is 0.344 e. The lowest BCUT2D eigenvalue weighted by Gasteiger charge is -2.35. The van der Waals surface area contributed by atoms with Crippen LogP contribution in [0.1, 0.15) is 21.1 Å². The van der Waals surface area contributed by atoms with Crippen molar-refractivity contribution in [1.82, 2.24) is 9.88 Å². The standard InChI is InChI=1S/C17H20N4O4S/c1-12-18-13(11-26-12)10-19-5-7-20(8-6-19)14-3-4-16(21(23)24)15(9-14)17(22)25-2/h3-4,9,11H,5-8,10H2,1-2H3. The number of nitrogens with zero attached hydrogens (tertiary/aromatic N) is 4. The van der Waals surface area contributed by atoms with Gasteiger partial charge in [-0.3, -0.25) is 15.0 Å². The predicted octanol–water partition coefficient (Wildman–Crippen LogP) is 2.47. The van der Waals surface area contributed by atoms with Crippen LogP contribution < -0.4 is 4.90 Å². The molecule has 138 valence electrons. The van der Waals surface area contributed by atoms with E-state index in [1.807, 2.05) is 6.92 Å². The zero-order valence-corrected chi connectivity index (χ0v) is 15.5. The molecule has 1 saturated heterocycles. The van der Waals surface area contributed by atoms with Crippen molar-refractivity contribution < 1.29 is 14.5 Å². The number of anilines is 1. The van der Waals surface area contributed by atoms with Gasteiger partial charge in [-0.1, -0.05) is 0 Å². The number of aromatic nitrogens is 1. The highest BCUT2D eigenvalue weighted by molar-refractivity contribution is 7.09. The summed E-state index contributed by atoms with van der Waals surface area (Å²) < 4.78 is 4.68. The predicted molar refractivity (Wildman–Crippen MR) is 98.8 cm³/mol. The topological polar surface area (TPSA) is 88.8 Å². The minimum Gasteiger partial charge on any atom is -0.465 e. The van der Waals surface area contributed by atoms with Crippen molar-refractivity contribution >= 4 is 28.7 Å². The van der Waals surface area contributed by atoms with Crippen LogP contribution >= 0.6 is 11.3 Å². The molecule has 0 saturated carbocycles. The van der Waals surface area contributed by atoms with Gasteiger partial charge in [0.15, 0.2) is 0 Å². The molecule has 1 aliphatic rings. The Hall–Kier alpha value is -2.52. The lowest BCUT2D eigenvalue weighted by atomic mass is 10.1. The van der Waals surface area contributed by atoms with Crippen molar-refractivity contribution in [1.29, 1.82) is 0 Å². The summed E-state index contributed by atoms with van der Waals surface area (Å²) in [4.78, 5) is 31.4. The molecule has 3 rings (SSSR count). The van der Waals surface area contributed by atoms with Gasteiger partial charge in [0.1, 0.15) is 5.56 Å². The molecule has 8 nitrogen and oxygen atoms in total. The van der Waals surface area contributed by atoms with Gasteiger partial charge in [0, 0.05) is 49.9 Å². The molecule has 0 bridgehead atoms. The van der Waals surface area contributed by atoms with Crippen molar-refractivity contribution in [2.75, 3.05) is 38.2 Å². The summed E-state index contributed by atoms with van der Waals surface area (Å²) in [5.74, 6) is -0.698. The fourth-order valence-electron chi connectivity index (χ4n) is 3.03. The second-order valence-corrected chi connectivity index (χ2v) is 7.13. The summed E-state index contributed by atoms with van der Waals surface area (Å²) >= 11 is 1.65. The Bertz CT molecular complexity index is 815. The van der Waals surface area contributed by atoms with Crippen LogP contribution in [0.4, 0.5) is 11.4 Å². The first kappa shape index (κ1) is 18.3. The van der Waals surface area contributed by atoms with Crippen molar-refractivity contribution in [2.24, 2.45) is 0 Å². The van der Waals surface area contributed by atoms with Gasteiger partial charge in [-0.2, -0.15) is 0 Å². The molecule has 1 aliphatic heterocycles. The molecule has 1 fully saturated rings. The lowest BCUT2D eigenvalue weighted by molar-refractivity contribution is -0.385. The number of carbonyl (C=O) groups excluding carboxylic acids is 1. The van der Waals surface area contributed by atoms with E-state index in [2.05, 4.69) is 24.9 Å². The number of aryl methyl sites for hydroxylation is 1. The summed E-state index contributed by atoms with van der Waals surface area (Å²) in [7, 11) is 1.22. The monoisotopic (exact) mass is 376 g/mol. The van der Waals surface area contributed by atoms with Crippen molar-refractivity contribution in [3.05, 3.63) is 50.0 Å². The van der Waals surface area contributed by atoms with E-state index in [0.717, 1.165) is 49.1 Å². The second-order valence-electron chi connectivity index (χ2n) is 6.07. The highest BCUT2D eigenvalue weighted by Gasteiger charge is 2.24. The van der Waals surface area contributed by atoms with Crippen molar-refractivity contribution in [3.8, 4) is 0 Å². The van der Waals surface area contributed by atoms with Crippen molar-refractivity contribution in [3.63, 3.8) is 0 Å². The highest BCUT2D eigenvalue weighted by Crippen LogP contribution is 2.26. The number of hydrogen-bond acceptors (Lipinski definition) is 8. The van der Waals surface area contributed by atoms with E-state index in [-0.39, 0.29) is 11.3 Å². The van der Waals surface area contributed by atoms with Gasteiger partial charge < -0.3 is 9.64 Å². The molecular weight excluding hydrogens is 356 g/mol. The molecular formula is C17H20N4O4S. The number of rotatable bonds is 5. The SMILES string of the molecule is COC(=O)c1cc(N2CCN(Cc3csc(C)n3)CC2)ccc1[N+](=O)[O-]. The maximum atomic E-state index is 11.9. The van der Waals surface area contributed by atoms with E-state index in [0.29, 0.717) is 0 Å². The first-order valence-corrected chi connectivity index (χ1v) is 9.11. The average molecular weight is 376 g/mol. The largest absolute Gasteiger partial charge is 0.465 e. The van der Waals surface area contributed by atoms with Crippen LogP contribution in [0.15, 0.2) is 23.6 Å². The molecule has 0 N–H and O–H groups in total.